The molecule has 2 aromatic rings. The molecule has 0 N–H and O–H groups in total. The standard InChI is InChI=1S/C20H18BrNO3/c1-22(2)18-9-4-13(11-17(18)21)10-15-12-19(25-20(15)23)14-5-7-16(24-3)8-6-14/h4-12H,1-3H3/b15-10+. The van der Waals surface area contributed by atoms with E-state index in [1.54, 1.807) is 13.2 Å². The first-order chi connectivity index (χ1) is 12.0. The fraction of sp³-hybridized carbons (Fsp3) is 0.150. The van der Waals surface area contributed by atoms with Gasteiger partial charge < -0.3 is 14.4 Å². The van der Waals surface area contributed by atoms with Crippen molar-refractivity contribution < 1.29 is 14.3 Å². The maximum absolute atomic E-state index is 12.2. The van der Waals surface area contributed by atoms with Gasteiger partial charge in [0.05, 0.1) is 18.4 Å². The fourth-order valence-electron chi connectivity index (χ4n) is 2.54. The van der Waals surface area contributed by atoms with Crippen LogP contribution < -0.4 is 9.64 Å². The second-order valence-electron chi connectivity index (χ2n) is 5.83. The number of ether oxygens (including phenoxy) is 2. The van der Waals surface area contributed by atoms with Crippen LogP contribution in [-0.4, -0.2) is 27.2 Å². The highest BCUT2D eigenvalue weighted by atomic mass is 79.9. The van der Waals surface area contributed by atoms with E-state index in [9.17, 15) is 4.79 Å². The highest BCUT2D eigenvalue weighted by Crippen LogP contribution is 2.30. The molecule has 0 atom stereocenters. The summed E-state index contributed by atoms with van der Waals surface area (Å²) in [4.78, 5) is 14.2. The Balaban J connectivity index is 1.89. The quantitative estimate of drug-likeness (QED) is 0.560. The number of cyclic esters (lactones) is 1. The first-order valence-electron chi connectivity index (χ1n) is 7.75. The van der Waals surface area contributed by atoms with Crippen molar-refractivity contribution in [3.8, 4) is 5.75 Å². The third-order valence-corrected chi connectivity index (χ3v) is 4.51. The molecule has 0 unspecified atom stereocenters. The summed E-state index contributed by atoms with van der Waals surface area (Å²) in [6, 6.07) is 13.4. The minimum atomic E-state index is -0.348. The van der Waals surface area contributed by atoms with Crippen LogP contribution in [0.25, 0.3) is 11.8 Å². The lowest BCUT2D eigenvalue weighted by Gasteiger charge is -2.14. The minimum Gasteiger partial charge on any atom is -0.497 e. The van der Waals surface area contributed by atoms with Crippen LogP contribution in [0.5, 0.6) is 5.75 Å². The molecule has 3 rings (SSSR count). The van der Waals surface area contributed by atoms with Crippen molar-refractivity contribution in [3.63, 3.8) is 0 Å². The summed E-state index contributed by atoms with van der Waals surface area (Å²) in [6.07, 6.45) is 3.58. The van der Waals surface area contributed by atoms with Crippen molar-refractivity contribution in [2.75, 3.05) is 26.1 Å². The van der Waals surface area contributed by atoms with E-state index in [1.807, 2.05) is 67.5 Å². The Bertz CT molecular complexity index is 867. The lowest BCUT2D eigenvalue weighted by Crippen LogP contribution is -2.09. The van der Waals surface area contributed by atoms with E-state index in [0.717, 1.165) is 27.0 Å². The second kappa shape index (κ2) is 7.15. The summed E-state index contributed by atoms with van der Waals surface area (Å²) in [6.45, 7) is 0. The number of rotatable bonds is 4. The molecule has 25 heavy (non-hydrogen) atoms. The highest BCUT2D eigenvalue weighted by molar-refractivity contribution is 9.10. The van der Waals surface area contributed by atoms with Gasteiger partial charge in [-0.1, -0.05) is 6.07 Å². The number of esters is 1. The van der Waals surface area contributed by atoms with Crippen molar-refractivity contribution in [2.24, 2.45) is 0 Å². The molecule has 0 aliphatic carbocycles. The molecule has 0 saturated carbocycles. The van der Waals surface area contributed by atoms with Crippen molar-refractivity contribution in [2.45, 2.75) is 0 Å². The molecular formula is C20H18BrNO3. The summed E-state index contributed by atoms with van der Waals surface area (Å²) in [7, 11) is 5.58. The molecule has 0 amide bonds. The van der Waals surface area contributed by atoms with Gasteiger partial charge in [0.25, 0.3) is 0 Å². The van der Waals surface area contributed by atoms with Gasteiger partial charge in [0.2, 0.25) is 0 Å². The van der Waals surface area contributed by atoms with E-state index < -0.39 is 0 Å². The molecule has 0 saturated heterocycles. The number of anilines is 1. The lowest BCUT2D eigenvalue weighted by molar-refractivity contribution is -0.130. The van der Waals surface area contributed by atoms with Crippen LogP contribution in [0.3, 0.4) is 0 Å². The van der Waals surface area contributed by atoms with Gasteiger partial charge in [-0.25, -0.2) is 4.79 Å². The number of benzene rings is 2. The minimum absolute atomic E-state index is 0.348. The second-order valence-corrected chi connectivity index (χ2v) is 6.69. The van der Waals surface area contributed by atoms with Crippen molar-refractivity contribution in [1.29, 1.82) is 0 Å². The molecule has 128 valence electrons. The summed E-state index contributed by atoms with van der Waals surface area (Å²) >= 11 is 3.56. The number of methoxy groups -OCH3 is 1. The normalized spacial score (nSPS) is 15.1. The zero-order chi connectivity index (χ0) is 18.0. The molecule has 0 aromatic heterocycles. The Kier molecular flexibility index (Phi) is 4.95. The van der Waals surface area contributed by atoms with Gasteiger partial charge in [-0.05, 0) is 70.0 Å². The predicted octanol–water partition coefficient (Wildman–Crippen LogP) is 4.51. The Morgan fingerprint density at radius 2 is 1.84 bits per heavy atom. The molecule has 5 heteroatoms. The Morgan fingerprint density at radius 3 is 2.44 bits per heavy atom. The average molecular weight is 400 g/mol. The van der Waals surface area contributed by atoms with Gasteiger partial charge in [0, 0.05) is 24.1 Å². The molecule has 0 fully saturated rings. The van der Waals surface area contributed by atoms with E-state index in [0.29, 0.717) is 11.3 Å². The van der Waals surface area contributed by atoms with Gasteiger partial charge in [-0.2, -0.15) is 0 Å². The first kappa shape index (κ1) is 17.3. The lowest BCUT2D eigenvalue weighted by atomic mass is 10.1. The number of carbonyl (C=O) groups is 1. The molecule has 0 spiro atoms. The van der Waals surface area contributed by atoms with Crippen molar-refractivity contribution >= 4 is 39.4 Å². The molecule has 1 heterocycles. The Morgan fingerprint density at radius 1 is 1.12 bits per heavy atom. The molecular weight excluding hydrogens is 382 g/mol. The number of hydrogen-bond acceptors (Lipinski definition) is 4. The molecule has 0 radical (unpaired) electrons. The van der Waals surface area contributed by atoms with Crippen molar-refractivity contribution in [1.82, 2.24) is 0 Å². The summed E-state index contributed by atoms with van der Waals surface area (Å²) in [5, 5.41) is 0. The number of hydrogen-bond donors (Lipinski definition) is 0. The van der Waals surface area contributed by atoms with E-state index in [-0.39, 0.29) is 5.97 Å². The van der Waals surface area contributed by atoms with Crippen LogP contribution in [0.1, 0.15) is 11.1 Å². The summed E-state index contributed by atoms with van der Waals surface area (Å²) in [5.41, 5.74) is 3.36. The summed E-state index contributed by atoms with van der Waals surface area (Å²) in [5.74, 6) is 0.955. The van der Waals surface area contributed by atoms with Crippen LogP contribution in [0.2, 0.25) is 0 Å². The van der Waals surface area contributed by atoms with Gasteiger partial charge in [0.1, 0.15) is 11.5 Å². The molecule has 2 aromatic carbocycles. The first-order valence-corrected chi connectivity index (χ1v) is 8.54. The number of carbonyl (C=O) groups excluding carboxylic acids is 1. The topological polar surface area (TPSA) is 38.8 Å². The van der Waals surface area contributed by atoms with Gasteiger partial charge in [0.15, 0.2) is 0 Å². The third-order valence-electron chi connectivity index (χ3n) is 3.88. The molecule has 4 nitrogen and oxygen atoms in total. The monoisotopic (exact) mass is 399 g/mol. The van der Waals surface area contributed by atoms with Crippen LogP contribution in [-0.2, 0) is 9.53 Å². The maximum atomic E-state index is 12.2. The number of nitrogens with zero attached hydrogens (tertiary/aromatic N) is 1. The van der Waals surface area contributed by atoms with Crippen molar-refractivity contribution in [3.05, 3.63) is 69.7 Å². The highest BCUT2D eigenvalue weighted by Gasteiger charge is 2.22. The Hall–Kier alpha value is -2.53. The SMILES string of the molecule is COc1ccc(C2=C/C(=C\c3ccc(N(C)C)c(Br)c3)C(=O)O2)cc1. The largest absolute Gasteiger partial charge is 0.497 e. The van der Waals surface area contributed by atoms with E-state index >= 15 is 0 Å². The number of halogens is 1. The zero-order valence-electron chi connectivity index (χ0n) is 14.2. The fourth-order valence-corrected chi connectivity index (χ4v) is 3.29. The van der Waals surface area contributed by atoms with Crippen LogP contribution in [0.15, 0.2) is 58.6 Å². The van der Waals surface area contributed by atoms with Gasteiger partial charge in [-0.15, -0.1) is 0 Å². The van der Waals surface area contributed by atoms with Crippen LogP contribution in [0, 0.1) is 0 Å². The van der Waals surface area contributed by atoms with Crippen LogP contribution >= 0.6 is 15.9 Å². The molecule has 0 bridgehead atoms. The molecule has 1 aliphatic rings. The zero-order valence-corrected chi connectivity index (χ0v) is 15.8. The summed E-state index contributed by atoms with van der Waals surface area (Å²) < 4.78 is 11.5. The third kappa shape index (κ3) is 3.77. The van der Waals surface area contributed by atoms with Crippen LogP contribution in [0.4, 0.5) is 5.69 Å². The van der Waals surface area contributed by atoms with E-state index in [1.165, 1.54) is 0 Å². The average Bonchev–Trinajstić information content (AvgIpc) is 2.95. The predicted molar refractivity (Wildman–Crippen MR) is 104 cm³/mol. The van der Waals surface area contributed by atoms with E-state index in [2.05, 4.69) is 15.9 Å². The van der Waals surface area contributed by atoms with Gasteiger partial charge in [-0.3, -0.25) is 0 Å². The van der Waals surface area contributed by atoms with E-state index in [4.69, 9.17) is 9.47 Å². The van der Waals surface area contributed by atoms with Gasteiger partial charge >= 0.3 is 5.97 Å². The Labute approximate surface area is 155 Å². The molecule has 1 aliphatic heterocycles. The smallest absolute Gasteiger partial charge is 0.343 e. The maximum Gasteiger partial charge on any atom is 0.343 e.